The lowest BCUT2D eigenvalue weighted by atomic mass is 10.1. The van der Waals surface area contributed by atoms with Gasteiger partial charge in [-0.2, -0.15) is 0 Å². The monoisotopic (exact) mass is 318 g/mol. The van der Waals surface area contributed by atoms with E-state index in [1.54, 1.807) is 16.7 Å². The van der Waals surface area contributed by atoms with Crippen LogP contribution in [0.3, 0.4) is 0 Å². The third-order valence-electron chi connectivity index (χ3n) is 3.41. The van der Waals surface area contributed by atoms with Crippen LogP contribution in [0, 0.1) is 0 Å². The van der Waals surface area contributed by atoms with Gasteiger partial charge < -0.3 is 24.6 Å². The highest BCUT2D eigenvalue weighted by Crippen LogP contribution is 2.34. The van der Waals surface area contributed by atoms with E-state index in [4.69, 9.17) is 33.0 Å². The van der Waals surface area contributed by atoms with E-state index >= 15 is 0 Å². The molecule has 20 heavy (non-hydrogen) atoms. The highest BCUT2D eigenvalue weighted by molar-refractivity contribution is 6.42. The Labute approximate surface area is 124 Å². The van der Waals surface area contributed by atoms with Gasteiger partial charge in [0, 0.05) is 0 Å². The lowest BCUT2D eigenvalue weighted by Gasteiger charge is -2.17. The van der Waals surface area contributed by atoms with Gasteiger partial charge in [0.05, 0.1) is 34.0 Å². The van der Waals surface area contributed by atoms with Crippen molar-refractivity contribution in [1.82, 2.24) is 9.55 Å². The van der Waals surface area contributed by atoms with Crippen LogP contribution in [0.15, 0.2) is 18.5 Å². The van der Waals surface area contributed by atoms with Crippen molar-refractivity contribution in [2.45, 2.75) is 24.5 Å². The Morgan fingerprint density at radius 1 is 1.20 bits per heavy atom. The SMILES string of the molecule is OC[C@H]1OC(n2cnc3cc(Cl)c(Cl)cc32)[C@@H](O)[C@@H]1O. The molecule has 1 aromatic heterocycles. The maximum atomic E-state index is 10.0. The van der Waals surface area contributed by atoms with Gasteiger partial charge in [-0.3, -0.25) is 0 Å². The summed E-state index contributed by atoms with van der Waals surface area (Å²) in [5.41, 5.74) is 1.21. The van der Waals surface area contributed by atoms with Gasteiger partial charge in [-0.15, -0.1) is 0 Å². The van der Waals surface area contributed by atoms with Crippen LogP contribution in [0.25, 0.3) is 11.0 Å². The molecule has 1 unspecified atom stereocenters. The highest BCUT2D eigenvalue weighted by atomic mass is 35.5. The normalized spacial score (nSPS) is 30.2. The number of nitrogens with zero attached hydrogens (tertiary/aromatic N) is 2. The molecule has 3 rings (SSSR count). The Morgan fingerprint density at radius 2 is 1.90 bits per heavy atom. The van der Waals surface area contributed by atoms with E-state index < -0.39 is 24.5 Å². The Balaban J connectivity index is 2.05. The number of ether oxygens (including phenoxy) is 1. The van der Waals surface area contributed by atoms with Gasteiger partial charge in [0.25, 0.3) is 0 Å². The summed E-state index contributed by atoms with van der Waals surface area (Å²) in [6.07, 6.45) is -2.54. The summed E-state index contributed by atoms with van der Waals surface area (Å²) < 4.78 is 7.01. The molecule has 1 aromatic carbocycles. The second kappa shape index (κ2) is 5.14. The molecule has 1 saturated heterocycles. The van der Waals surface area contributed by atoms with Crippen molar-refractivity contribution in [3.8, 4) is 0 Å². The second-order valence-corrected chi connectivity index (χ2v) is 5.45. The molecule has 0 amide bonds. The fourth-order valence-corrected chi connectivity index (χ4v) is 2.65. The maximum absolute atomic E-state index is 10.0. The van der Waals surface area contributed by atoms with Gasteiger partial charge in [0.15, 0.2) is 6.23 Å². The van der Waals surface area contributed by atoms with Crippen LogP contribution in [0.2, 0.25) is 10.0 Å². The Hall–Kier alpha value is -0.890. The summed E-state index contributed by atoms with van der Waals surface area (Å²) in [5, 5.41) is 29.6. The number of benzene rings is 1. The number of hydrogen-bond acceptors (Lipinski definition) is 5. The molecular formula is C12H12Cl2N2O4. The summed E-state index contributed by atoms with van der Waals surface area (Å²) in [5.74, 6) is 0. The lowest BCUT2D eigenvalue weighted by molar-refractivity contribution is -0.0508. The first-order valence-electron chi connectivity index (χ1n) is 5.97. The molecular weight excluding hydrogens is 307 g/mol. The van der Waals surface area contributed by atoms with E-state index in [1.807, 2.05) is 0 Å². The minimum Gasteiger partial charge on any atom is -0.394 e. The zero-order valence-corrected chi connectivity index (χ0v) is 11.7. The quantitative estimate of drug-likeness (QED) is 0.767. The van der Waals surface area contributed by atoms with Gasteiger partial charge in [-0.1, -0.05) is 23.2 Å². The van der Waals surface area contributed by atoms with Crippen molar-refractivity contribution in [2.24, 2.45) is 0 Å². The first-order chi connectivity index (χ1) is 9.52. The smallest absolute Gasteiger partial charge is 0.164 e. The van der Waals surface area contributed by atoms with E-state index in [-0.39, 0.29) is 6.61 Å². The van der Waals surface area contributed by atoms with Crippen molar-refractivity contribution >= 4 is 34.2 Å². The van der Waals surface area contributed by atoms with Crippen molar-refractivity contribution in [3.05, 3.63) is 28.5 Å². The molecule has 0 spiro atoms. The van der Waals surface area contributed by atoms with E-state index in [1.165, 1.54) is 6.33 Å². The van der Waals surface area contributed by atoms with E-state index in [0.29, 0.717) is 21.1 Å². The van der Waals surface area contributed by atoms with Crippen LogP contribution in [0.5, 0.6) is 0 Å². The van der Waals surface area contributed by atoms with Crippen LogP contribution in [-0.2, 0) is 4.74 Å². The molecule has 3 N–H and O–H groups in total. The standard InChI is InChI=1S/C12H12Cl2N2O4/c13-5-1-7-8(2-6(5)14)16(4-15-7)12-11(19)10(18)9(3-17)20-12/h1-2,4,9-12,17-19H,3H2/t9-,10-,11+,12?/m1/s1. The lowest BCUT2D eigenvalue weighted by Crippen LogP contribution is -2.33. The number of fused-ring (bicyclic) bond motifs is 1. The largest absolute Gasteiger partial charge is 0.394 e. The third-order valence-corrected chi connectivity index (χ3v) is 4.13. The van der Waals surface area contributed by atoms with Crippen LogP contribution < -0.4 is 0 Å². The molecule has 1 aliphatic rings. The molecule has 2 heterocycles. The fourth-order valence-electron chi connectivity index (χ4n) is 2.34. The van der Waals surface area contributed by atoms with Gasteiger partial charge in [0.1, 0.15) is 18.3 Å². The average molecular weight is 319 g/mol. The molecule has 0 aliphatic carbocycles. The predicted molar refractivity (Wildman–Crippen MR) is 72.8 cm³/mol. The number of hydrogen-bond donors (Lipinski definition) is 3. The summed E-state index contributed by atoms with van der Waals surface area (Å²) in [7, 11) is 0. The van der Waals surface area contributed by atoms with Crippen LogP contribution in [0.1, 0.15) is 6.23 Å². The molecule has 0 saturated carbocycles. The number of imidazole rings is 1. The fraction of sp³-hybridized carbons (Fsp3) is 0.417. The Bertz CT molecular complexity index is 648. The topological polar surface area (TPSA) is 87.7 Å². The van der Waals surface area contributed by atoms with Crippen LogP contribution in [0.4, 0.5) is 0 Å². The van der Waals surface area contributed by atoms with E-state index in [0.717, 1.165) is 0 Å². The molecule has 0 bridgehead atoms. The highest BCUT2D eigenvalue weighted by Gasteiger charge is 2.43. The molecule has 1 fully saturated rings. The van der Waals surface area contributed by atoms with Crippen molar-refractivity contribution < 1.29 is 20.1 Å². The summed E-state index contributed by atoms with van der Waals surface area (Å²) in [6.45, 7) is -0.381. The second-order valence-electron chi connectivity index (χ2n) is 4.64. The Kier molecular flexibility index (Phi) is 3.62. The van der Waals surface area contributed by atoms with Crippen molar-refractivity contribution in [1.29, 1.82) is 0 Å². The summed E-state index contributed by atoms with van der Waals surface area (Å²) in [4.78, 5) is 4.16. The van der Waals surface area contributed by atoms with E-state index in [2.05, 4.69) is 4.98 Å². The number of rotatable bonds is 2. The Morgan fingerprint density at radius 3 is 2.55 bits per heavy atom. The summed E-state index contributed by atoms with van der Waals surface area (Å²) in [6, 6.07) is 3.22. The molecule has 4 atom stereocenters. The molecule has 108 valence electrons. The minimum absolute atomic E-state index is 0.354. The van der Waals surface area contributed by atoms with Crippen molar-refractivity contribution in [3.63, 3.8) is 0 Å². The number of aromatic nitrogens is 2. The first-order valence-corrected chi connectivity index (χ1v) is 6.72. The van der Waals surface area contributed by atoms with Crippen molar-refractivity contribution in [2.75, 3.05) is 6.61 Å². The predicted octanol–water partition coefficient (Wildman–Crippen LogP) is 0.955. The van der Waals surface area contributed by atoms with Crippen LogP contribution in [-0.4, -0.2) is 49.8 Å². The summed E-state index contributed by atoms with van der Waals surface area (Å²) >= 11 is 11.9. The molecule has 6 nitrogen and oxygen atoms in total. The number of aliphatic hydroxyl groups is 3. The van der Waals surface area contributed by atoms with E-state index in [9.17, 15) is 10.2 Å². The van der Waals surface area contributed by atoms with Gasteiger partial charge in [0.2, 0.25) is 0 Å². The number of halogens is 2. The zero-order valence-electron chi connectivity index (χ0n) is 10.1. The van der Waals surface area contributed by atoms with Crippen LogP contribution >= 0.6 is 23.2 Å². The van der Waals surface area contributed by atoms with Gasteiger partial charge in [-0.25, -0.2) is 4.98 Å². The molecule has 0 radical (unpaired) electrons. The average Bonchev–Trinajstić information content (AvgIpc) is 2.94. The first kappa shape index (κ1) is 14.1. The molecule has 2 aromatic rings. The van der Waals surface area contributed by atoms with Gasteiger partial charge >= 0.3 is 0 Å². The zero-order chi connectivity index (χ0) is 14.4. The maximum Gasteiger partial charge on any atom is 0.164 e. The van der Waals surface area contributed by atoms with Gasteiger partial charge in [-0.05, 0) is 12.1 Å². The molecule has 8 heteroatoms. The number of aliphatic hydroxyl groups excluding tert-OH is 3. The third kappa shape index (κ3) is 2.09. The molecule has 1 aliphatic heterocycles. The minimum atomic E-state index is -1.17.